The van der Waals surface area contributed by atoms with Crippen LogP contribution in [0.25, 0.3) is 0 Å². The molecule has 6 heteroatoms. The summed E-state index contributed by atoms with van der Waals surface area (Å²) in [5.41, 5.74) is 0.763. The average Bonchev–Trinajstić information content (AvgIpc) is 2.28. The van der Waals surface area contributed by atoms with Crippen molar-refractivity contribution in [2.75, 3.05) is 13.2 Å². The molecular formula is C12H16FNO3S. The molecule has 1 aliphatic rings. The number of hydrogen-bond acceptors (Lipinski definition) is 3. The van der Waals surface area contributed by atoms with Crippen LogP contribution >= 0.6 is 0 Å². The Morgan fingerprint density at radius 2 is 2.22 bits per heavy atom. The second-order valence-electron chi connectivity index (χ2n) is 4.59. The van der Waals surface area contributed by atoms with Gasteiger partial charge in [-0.3, -0.25) is 0 Å². The molecule has 1 heterocycles. The van der Waals surface area contributed by atoms with Crippen LogP contribution in [-0.4, -0.2) is 26.9 Å². The van der Waals surface area contributed by atoms with E-state index in [1.807, 2.05) is 0 Å². The van der Waals surface area contributed by atoms with Crippen LogP contribution in [0.15, 0.2) is 24.3 Å². The van der Waals surface area contributed by atoms with Crippen molar-refractivity contribution in [3.63, 3.8) is 0 Å². The molecule has 0 aromatic heterocycles. The number of ether oxygens (including phenoxy) is 1. The van der Waals surface area contributed by atoms with E-state index in [1.165, 1.54) is 12.1 Å². The molecule has 1 fully saturated rings. The Bertz CT molecular complexity index is 518. The summed E-state index contributed by atoms with van der Waals surface area (Å²) in [4.78, 5) is 0. The first-order valence-electron chi connectivity index (χ1n) is 5.80. The molecular weight excluding hydrogens is 257 g/mol. The second-order valence-corrected chi connectivity index (χ2v) is 6.37. The van der Waals surface area contributed by atoms with Gasteiger partial charge in [-0.1, -0.05) is 12.1 Å². The van der Waals surface area contributed by atoms with Gasteiger partial charge in [0.1, 0.15) is 5.82 Å². The van der Waals surface area contributed by atoms with Crippen molar-refractivity contribution in [3.05, 3.63) is 35.6 Å². The summed E-state index contributed by atoms with van der Waals surface area (Å²) in [6.45, 7) is 0.748. The van der Waals surface area contributed by atoms with Gasteiger partial charge in [0.05, 0.1) is 11.9 Å². The summed E-state index contributed by atoms with van der Waals surface area (Å²) in [5, 5.41) is 4.62. The highest BCUT2D eigenvalue weighted by atomic mass is 32.2. The molecule has 0 radical (unpaired) electrons. The number of benzene rings is 1. The molecule has 0 aliphatic carbocycles. The number of primary sulfonamides is 1. The Morgan fingerprint density at radius 1 is 1.44 bits per heavy atom. The number of sulfonamides is 1. The molecule has 1 aromatic rings. The Hall–Kier alpha value is -0.980. The van der Waals surface area contributed by atoms with Crippen LogP contribution in [0.1, 0.15) is 12.0 Å². The second kappa shape index (κ2) is 5.34. The van der Waals surface area contributed by atoms with E-state index in [4.69, 9.17) is 9.88 Å². The third-order valence-corrected chi connectivity index (χ3v) is 4.68. The van der Waals surface area contributed by atoms with Gasteiger partial charge in [0.25, 0.3) is 0 Å². The van der Waals surface area contributed by atoms with Gasteiger partial charge in [-0.2, -0.15) is 0 Å². The largest absolute Gasteiger partial charge is 0.381 e. The van der Waals surface area contributed by atoms with Crippen molar-refractivity contribution in [2.45, 2.75) is 18.1 Å². The summed E-state index contributed by atoms with van der Waals surface area (Å²) in [5.74, 6) is -0.535. The maximum Gasteiger partial charge on any atom is 0.212 e. The fraction of sp³-hybridized carbons (Fsp3) is 0.500. The van der Waals surface area contributed by atoms with Crippen LogP contribution in [0.5, 0.6) is 0 Å². The van der Waals surface area contributed by atoms with Crippen LogP contribution in [0.4, 0.5) is 4.39 Å². The molecule has 2 unspecified atom stereocenters. The minimum absolute atomic E-state index is 0.212. The normalized spacial score (nSPS) is 25.0. The maximum atomic E-state index is 13.1. The van der Waals surface area contributed by atoms with Gasteiger partial charge in [0.15, 0.2) is 0 Å². The lowest BCUT2D eigenvalue weighted by Gasteiger charge is -2.29. The zero-order valence-electron chi connectivity index (χ0n) is 9.88. The van der Waals surface area contributed by atoms with Crippen LogP contribution in [0.2, 0.25) is 0 Å². The lowest BCUT2D eigenvalue weighted by atomic mass is 9.93. The molecule has 0 saturated carbocycles. The quantitative estimate of drug-likeness (QED) is 0.895. The van der Waals surface area contributed by atoms with Crippen LogP contribution < -0.4 is 5.14 Å². The maximum absolute atomic E-state index is 13.1. The van der Waals surface area contributed by atoms with E-state index in [0.717, 1.165) is 5.56 Å². The van der Waals surface area contributed by atoms with E-state index in [-0.39, 0.29) is 11.7 Å². The molecule has 2 atom stereocenters. The molecule has 0 spiro atoms. The zero-order chi connectivity index (χ0) is 13.2. The number of halogens is 1. The van der Waals surface area contributed by atoms with E-state index < -0.39 is 15.3 Å². The van der Waals surface area contributed by atoms with Crippen molar-refractivity contribution in [1.29, 1.82) is 0 Å². The molecule has 100 valence electrons. The first-order chi connectivity index (χ1) is 8.47. The van der Waals surface area contributed by atoms with Crippen molar-refractivity contribution in [2.24, 2.45) is 11.1 Å². The van der Waals surface area contributed by atoms with Gasteiger partial charge < -0.3 is 4.74 Å². The Labute approximate surface area is 106 Å². The fourth-order valence-corrected chi connectivity index (χ4v) is 3.50. The summed E-state index contributed by atoms with van der Waals surface area (Å²) in [7, 11) is -3.58. The standard InChI is InChI=1S/C12H16FNO3S/c13-11-3-1-2-9(7-11)6-10-8-17-5-4-12(10)18(14,15)16/h1-3,7,10,12H,4-6,8H2,(H2,14,15,16). The van der Waals surface area contributed by atoms with E-state index in [1.54, 1.807) is 12.1 Å². The number of hydrogen-bond donors (Lipinski definition) is 1. The predicted octanol–water partition coefficient (Wildman–Crippen LogP) is 1.06. The topological polar surface area (TPSA) is 69.4 Å². The lowest BCUT2D eigenvalue weighted by molar-refractivity contribution is 0.0572. The molecule has 1 aliphatic heterocycles. The summed E-state index contributed by atoms with van der Waals surface area (Å²) >= 11 is 0. The highest BCUT2D eigenvalue weighted by molar-refractivity contribution is 7.89. The smallest absolute Gasteiger partial charge is 0.212 e. The monoisotopic (exact) mass is 273 g/mol. The SMILES string of the molecule is NS(=O)(=O)C1CCOCC1Cc1cccc(F)c1. The minimum atomic E-state index is -3.58. The van der Waals surface area contributed by atoms with Crippen molar-refractivity contribution >= 4 is 10.0 Å². The average molecular weight is 273 g/mol. The highest BCUT2D eigenvalue weighted by Gasteiger charge is 2.33. The first-order valence-corrected chi connectivity index (χ1v) is 7.41. The van der Waals surface area contributed by atoms with Gasteiger partial charge in [-0.05, 0) is 30.5 Å². The van der Waals surface area contributed by atoms with E-state index >= 15 is 0 Å². The van der Waals surface area contributed by atoms with Crippen molar-refractivity contribution in [1.82, 2.24) is 0 Å². The van der Waals surface area contributed by atoms with Crippen LogP contribution in [0, 0.1) is 11.7 Å². The van der Waals surface area contributed by atoms with Crippen molar-refractivity contribution in [3.8, 4) is 0 Å². The van der Waals surface area contributed by atoms with Gasteiger partial charge in [0, 0.05) is 12.5 Å². The predicted molar refractivity (Wildman–Crippen MR) is 65.9 cm³/mol. The molecule has 2 rings (SSSR count). The first kappa shape index (κ1) is 13.5. The third-order valence-electron chi connectivity index (χ3n) is 3.21. The van der Waals surface area contributed by atoms with E-state index in [2.05, 4.69) is 0 Å². The third kappa shape index (κ3) is 3.28. The molecule has 2 N–H and O–H groups in total. The molecule has 0 amide bonds. The van der Waals surface area contributed by atoms with Crippen LogP contribution in [0.3, 0.4) is 0 Å². The molecule has 1 saturated heterocycles. The number of rotatable bonds is 3. The molecule has 18 heavy (non-hydrogen) atoms. The zero-order valence-corrected chi connectivity index (χ0v) is 10.7. The minimum Gasteiger partial charge on any atom is -0.381 e. The molecule has 0 bridgehead atoms. The van der Waals surface area contributed by atoms with Gasteiger partial charge in [-0.25, -0.2) is 17.9 Å². The lowest BCUT2D eigenvalue weighted by Crippen LogP contribution is -2.42. The van der Waals surface area contributed by atoms with Crippen molar-refractivity contribution < 1.29 is 17.5 Å². The van der Waals surface area contributed by atoms with Gasteiger partial charge >= 0.3 is 0 Å². The Morgan fingerprint density at radius 3 is 2.89 bits per heavy atom. The van der Waals surface area contributed by atoms with E-state index in [0.29, 0.717) is 26.1 Å². The van der Waals surface area contributed by atoms with Gasteiger partial charge in [-0.15, -0.1) is 0 Å². The number of nitrogens with two attached hydrogens (primary N) is 1. The molecule has 4 nitrogen and oxygen atoms in total. The van der Waals surface area contributed by atoms with Gasteiger partial charge in [0.2, 0.25) is 10.0 Å². The summed E-state index contributed by atoms with van der Waals surface area (Å²) < 4.78 is 41.4. The highest BCUT2D eigenvalue weighted by Crippen LogP contribution is 2.24. The summed E-state index contributed by atoms with van der Waals surface area (Å²) in [6, 6.07) is 6.16. The fourth-order valence-electron chi connectivity index (χ4n) is 2.37. The molecule has 1 aromatic carbocycles. The van der Waals surface area contributed by atoms with E-state index in [9.17, 15) is 12.8 Å². The Balaban J connectivity index is 2.15. The van der Waals surface area contributed by atoms with Crippen LogP contribution in [-0.2, 0) is 21.2 Å². The summed E-state index contributed by atoms with van der Waals surface area (Å²) in [6.07, 6.45) is 0.859. The Kier molecular flexibility index (Phi) is 3.99.